The molecular formula is C25H45N3O3. The van der Waals surface area contributed by atoms with Crippen molar-refractivity contribution in [3.63, 3.8) is 0 Å². The zero-order valence-corrected chi connectivity index (χ0v) is 20.2. The Bertz CT molecular complexity index is 613. The van der Waals surface area contributed by atoms with Crippen LogP contribution in [0.3, 0.4) is 0 Å². The van der Waals surface area contributed by atoms with Crippen LogP contribution in [0.15, 0.2) is 6.20 Å². The summed E-state index contributed by atoms with van der Waals surface area (Å²) >= 11 is 0. The fourth-order valence-corrected chi connectivity index (χ4v) is 3.80. The molecule has 0 aliphatic heterocycles. The number of rotatable bonds is 19. The molecule has 1 heterocycles. The van der Waals surface area contributed by atoms with Crippen LogP contribution in [0.2, 0.25) is 0 Å². The van der Waals surface area contributed by atoms with Crippen LogP contribution in [-0.4, -0.2) is 28.3 Å². The Kier molecular flexibility index (Phi) is 15.6. The van der Waals surface area contributed by atoms with E-state index in [-0.39, 0.29) is 5.91 Å². The zero-order chi connectivity index (χ0) is 22.7. The van der Waals surface area contributed by atoms with E-state index in [1.54, 1.807) is 14.0 Å². The number of ether oxygens (including phenoxy) is 1. The van der Waals surface area contributed by atoms with Crippen LogP contribution in [0.4, 0.5) is 5.82 Å². The van der Waals surface area contributed by atoms with Gasteiger partial charge < -0.3 is 10.1 Å². The quantitative estimate of drug-likeness (QED) is 0.192. The molecule has 0 bridgehead atoms. The van der Waals surface area contributed by atoms with Crippen LogP contribution in [0.1, 0.15) is 127 Å². The molecule has 0 aromatic carbocycles. The highest BCUT2D eigenvalue weighted by Gasteiger charge is 2.18. The molecule has 178 valence electrons. The Labute approximate surface area is 189 Å². The average molecular weight is 436 g/mol. The van der Waals surface area contributed by atoms with Crippen LogP contribution in [0.25, 0.3) is 0 Å². The van der Waals surface area contributed by atoms with Gasteiger partial charge >= 0.3 is 5.97 Å². The van der Waals surface area contributed by atoms with Crippen molar-refractivity contribution in [2.24, 2.45) is 7.05 Å². The van der Waals surface area contributed by atoms with Gasteiger partial charge in [0.25, 0.3) is 0 Å². The lowest BCUT2D eigenvalue weighted by molar-refractivity contribution is -0.116. The van der Waals surface area contributed by atoms with E-state index in [4.69, 9.17) is 4.74 Å². The number of carbonyl (C=O) groups is 2. The maximum atomic E-state index is 12.2. The third-order valence-corrected chi connectivity index (χ3v) is 5.70. The molecule has 1 rings (SSSR count). The maximum Gasteiger partial charge on any atom is 0.343 e. The van der Waals surface area contributed by atoms with E-state index in [9.17, 15) is 9.59 Å². The van der Waals surface area contributed by atoms with Crippen molar-refractivity contribution in [1.29, 1.82) is 0 Å². The minimum Gasteiger partial charge on any atom is -0.462 e. The Morgan fingerprint density at radius 2 is 1.32 bits per heavy atom. The van der Waals surface area contributed by atoms with Gasteiger partial charge in [-0.2, -0.15) is 5.10 Å². The van der Waals surface area contributed by atoms with Crippen LogP contribution in [0.5, 0.6) is 0 Å². The molecule has 6 heteroatoms. The molecule has 0 saturated carbocycles. The molecule has 1 aromatic heterocycles. The highest BCUT2D eigenvalue weighted by atomic mass is 16.5. The summed E-state index contributed by atoms with van der Waals surface area (Å²) in [7, 11) is 1.70. The van der Waals surface area contributed by atoms with Crippen molar-refractivity contribution < 1.29 is 14.3 Å². The molecule has 0 atom stereocenters. The van der Waals surface area contributed by atoms with Gasteiger partial charge in [0.05, 0.1) is 12.8 Å². The van der Waals surface area contributed by atoms with Crippen LogP contribution in [-0.2, 0) is 16.6 Å². The second-order valence-corrected chi connectivity index (χ2v) is 8.50. The number of hydrogen-bond acceptors (Lipinski definition) is 4. The van der Waals surface area contributed by atoms with Crippen molar-refractivity contribution in [3.8, 4) is 0 Å². The van der Waals surface area contributed by atoms with Crippen LogP contribution >= 0.6 is 0 Å². The Morgan fingerprint density at radius 3 is 1.81 bits per heavy atom. The third kappa shape index (κ3) is 12.6. The lowest BCUT2D eigenvalue weighted by Gasteiger charge is -2.08. The van der Waals surface area contributed by atoms with Gasteiger partial charge in [-0.15, -0.1) is 0 Å². The number of amides is 1. The molecule has 0 saturated heterocycles. The van der Waals surface area contributed by atoms with Gasteiger partial charge in [-0.05, 0) is 13.3 Å². The first-order valence-corrected chi connectivity index (χ1v) is 12.6. The minimum absolute atomic E-state index is 0.0798. The molecule has 0 aliphatic rings. The molecule has 0 radical (unpaired) electrons. The van der Waals surface area contributed by atoms with E-state index in [1.807, 2.05) is 0 Å². The number of anilines is 1. The second kappa shape index (κ2) is 17.8. The maximum absolute atomic E-state index is 12.2. The molecule has 1 aromatic rings. The summed E-state index contributed by atoms with van der Waals surface area (Å²) in [6.45, 7) is 4.31. The molecule has 6 nitrogen and oxygen atoms in total. The lowest BCUT2D eigenvalue weighted by atomic mass is 10.0. The first kappa shape index (κ1) is 27.2. The molecule has 0 spiro atoms. The predicted molar refractivity (Wildman–Crippen MR) is 127 cm³/mol. The van der Waals surface area contributed by atoms with Crippen molar-refractivity contribution in [2.75, 3.05) is 11.9 Å². The highest BCUT2D eigenvalue weighted by Crippen LogP contribution is 2.17. The van der Waals surface area contributed by atoms with Gasteiger partial charge in [0, 0.05) is 13.5 Å². The van der Waals surface area contributed by atoms with Crippen molar-refractivity contribution >= 4 is 17.7 Å². The van der Waals surface area contributed by atoms with Gasteiger partial charge in [-0.1, -0.05) is 96.8 Å². The average Bonchev–Trinajstić information content (AvgIpc) is 3.11. The molecular weight excluding hydrogens is 390 g/mol. The molecule has 1 amide bonds. The number of unbranched alkanes of at least 4 members (excludes halogenated alkanes) is 14. The first-order valence-electron chi connectivity index (χ1n) is 12.6. The number of carbonyl (C=O) groups excluding carboxylic acids is 2. The summed E-state index contributed by atoms with van der Waals surface area (Å²) in [6, 6.07) is 0. The third-order valence-electron chi connectivity index (χ3n) is 5.70. The van der Waals surface area contributed by atoms with E-state index >= 15 is 0 Å². The van der Waals surface area contributed by atoms with Gasteiger partial charge in [0.2, 0.25) is 5.91 Å². The number of aromatic nitrogens is 2. The normalized spacial score (nSPS) is 10.9. The van der Waals surface area contributed by atoms with Crippen molar-refractivity contribution in [3.05, 3.63) is 11.8 Å². The largest absolute Gasteiger partial charge is 0.462 e. The molecule has 0 aliphatic carbocycles. The van der Waals surface area contributed by atoms with Gasteiger partial charge in [-0.25, -0.2) is 4.79 Å². The first-order chi connectivity index (χ1) is 15.1. The van der Waals surface area contributed by atoms with E-state index in [0.717, 1.165) is 12.8 Å². The number of nitrogens with one attached hydrogen (secondary N) is 1. The summed E-state index contributed by atoms with van der Waals surface area (Å²) in [6.07, 6.45) is 21.5. The highest BCUT2D eigenvalue weighted by molar-refractivity contribution is 6.00. The number of esters is 1. The summed E-state index contributed by atoms with van der Waals surface area (Å²) < 4.78 is 6.51. The van der Waals surface area contributed by atoms with E-state index < -0.39 is 5.97 Å². The fourth-order valence-electron chi connectivity index (χ4n) is 3.80. The lowest BCUT2D eigenvalue weighted by Crippen LogP contribution is -2.17. The molecule has 31 heavy (non-hydrogen) atoms. The van der Waals surface area contributed by atoms with E-state index in [1.165, 1.54) is 94.3 Å². The summed E-state index contributed by atoms with van der Waals surface area (Å²) in [5.74, 6) is -0.133. The standard InChI is InChI=1S/C25H45N3O3/c1-4-6-7-8-9-10-11-12-13-14-15-16-17-18-19-20-23(29)27-24-22(21-26-28(24)3)25(30)31-5-2/h21H,4-20H2,1-3H3,(H,27,29). The zero-order valence-electron chi connectivity index (χ0n) is 20.2. The number of aryl methyl sites for hydroxylation is 1. The topological polar surface area (TPSA) is 73.2 Å². The Balaban J connectivity index is 2.00. The van der Waals surface area contributed by atoms with E-state index in [2.05, 4.69) is 17.3 Å². The summed E-state index contributed by atoms with van der Waals surface area (Å²) in [5, 5.41) is 6.86. The SMILES string of the molecule is CCCCCCCCCCCCCCCCCC(=O)Nc1c(C(=O)OCC)cnn1C. The second-order valence-electron chi connectivity index (χ2n) is 8.50. The number of hydrogen-bond donors (Lipinski definition) is 1. The monoisotopic (exact) mass is 435 g/mol. The van der Waals surface area contributed by atoms with Crippen LogP contribution in [0, 0.1) is 0 Å². The van der Waals surface area contributed by atoms with Gasteiger partial charge in [-0.3, -0.25) is 9.48 Å². The molecule has 0 fully saturated rings. The van der Waals surface area contributed by atoms with Gasteiger partial charge in [0.15, 0.2) is 0 Å². The van der Waals surface area contributed by atoms with Crippen molar-refractivity contribution in [1.82, 2.24) is 9.78 Å². The minimum atomic E-state index is -0.460. The summed E-state index contributed by atoms with van der Waals surface area (Å²) in [4.78, 5) is 24.2. The Morgan fingerprint density at radius 1 is 0.839 bits per heavy atom. The summed E-state index contributed by atoms with van der Waals surface area (Å²) in [5.41, 5.74) is 0.300. The van der Waals surface area contributed by atoms with E-state index in [0.29, 0.717) is 24.4 Å². The predicted octanol–water partition coefficient (Wildman–Crippen LogP) is 6.80. The number of nitrogens with zero attached hydrogens (tertiary/aromatic N) is 2. The van der Waals surface area contributed by atoms with Crippen LogP contribution < -0.4 is 5.32 Å². The fraction of sp³-hybridized carbons (Fsp3) is 0.800. The molecule has 0 unspecified atom stereocenters. The molecule has 1 N–H and O–H groups in total. The smallest absolute Gasteiger partial charge is 0.343 e. The van der Waals surface area contributed by atoms with Crippen molar-refractivity contribution in [2.45, 2.75) is 117 Å². The Hall–Kier alpha value is -1.85. The van der Waals surface area contributed by atoms with Gasteiger partial charge in [0.1, 0.15) is 11.4 Å².